The van der Waals surface area contributed by atoms with Gasteiger partial charge in [-0.1, -0.05) is 24.3 Å². The van der Waals surface area contributed by atoms with E-state index in [1.54, 1.807) is 6.07 Å². The Labute approximate surface area is 173 Å². The molecule has 7 nitrogen and oxygen atoms in total. The quantitative estimate of drug-likeness (QED) is 0.628. The molecule has 1 heterocycles. The van der Waals surface area contributed by atoms with Gasteiger partial charge in [0, 0.05) is 23.9 Å². The van der Waals surface area contributed by atoms with Gasteiger partial charge >= 0.3 is 12.1 Å². The molecule has 0 saturated carbocycles. The second-order valence-electron chi connectivity index (χ2n) is 6.32. The number of nitrogens with one attached hydrogen (secondary N) is 1. The molecule has 1 atom stereocenters. The molecule has 31 heavy (non-hydrogen) atoms. The van der Waals surface area contributed by atoms with Crippen molar-refractivity contribution in [2.75, 3.05) is 6.26 Å². The fraction of sp³-hybridized carbons (Fsp3) is 0.278. The minimum atomic E-state index is -5.97. The average Bonchev–Trinajstić information content (AvgIpc) is 2.65. The number of nitrogens with zero attached hydrogens (tertiary/aromatic N) is 2. The highest BCUT2D eigenvalue weighted by Gasteiger charge is 2.61. The maximum absolute atomic E-state index is 13.7. The molecule has 168 valence electrons. The Balaban J connectivity index is 2.43. The predicted molar refractivity (Wildman–Crippen MR) is 99.4 cm³/mol. The van der Waals surface area contributed by atoms with Gasteiger partial charge in [-0.25, -0.2) is 13.4 Å². The van der Waals surface area contributed by atoms with Crippen molar-refractivity contribution in [1.29, 1.82) is 0 Å². The molecule has 0 aliphatic heterocycles. The van der Waals surface area contributed by atoms with E-state index in [0.29, 0.717) is 6.20 Å². The zero-order valence-corrected chi connectivity index (χ0v) is 16.8. The molecule has 0 bridgehead atoms. The smallest absolute Gasteiger partial charge is 0.438 e. The van der Waals surface area contributed by atoms with Crippen LogP contribution >= 0.6 is 0 Å². The first-order valence-electron chi connectivity index (χ1n) is 8.45. The molecule has 1 N–H and O–H groups in total. The van der Waals surface area contributed by atoms with E-state index in [0.717, 1.165) is 17.7 Å². The molecule has 0 aliphatic carbocycles. The lowest BCUT2D eigenvalue weighted by Gasteiger charge is -2.19. The van der Waals surface area contributed by atoms with Crippen molar-refractivity contribution >= 4 is 15.7 Å². The highest BCUT2D eigenvalue weighted by atomic mass is 32.2. The second-order valence-corrected chi connectivity index (χ2v) is 8.25. The minimum Gasteiger partial charge on any atom is -0.438 e. The Morgan fingerprint density at radius 2 is 1.77 bits per heavy atom. The first kappa shape index (κ1) is 24.2. The zero-order valence-electron chi connectivity index (χ0n) is 16.0. The lowest BCUT2D eigenvalue weighted by molar-refractivity contribution is -0.292. The van der Waals surface area contributed by atoms with Gasteiger partial charge in [0.05, 0.1) is 0 Å². The molecule has 1 amide bonds. The number of carbonyl (C=O) groups is 1. The minimum absolute atomic E-state index is 0.0153. The van der Waals surface area contributed by atoms with Crippen LogP contribution in [0.1, 0.15) is 23.1 Å². The monoisotopic (exact) mass is 465 g/mol. The molecule has 13 heteroatoms. The highest BCUT2D eigenvalue weighted by molar-refractivity contribution is 7.93. The number of carbonyl (C=O) groups excluding carboxylic acids is 1. The van der Waals surface area contributed by atoms with E-state index in [1.165, 1.54) is 31.2 Å². The molecule has 2 aromatic rings. The zero-order chi connectivity index (χ0) is 23.4. The summed E-state index contributed by atoms with van der Waals surface area (Å²) in [7, 11) is -3.48. The molecule has 0 fully saturated rings. The van der Waals surface area contributed by atoms with Crippen LogP contribution in [0.5, 0.6) is 11.6 Å². The number of ether oxygens (including phenoxy) is 1. The van der Waals surface area contributed by atoms with Gasteiger partial charge in [-0.15, -0.1) is 0 Å². The van der Waals surface area contributed by atoms with E-state index >= 15 is 0 Å². The van der Waals surface area contributed by atoms with Gasteiger partial charge < -0.3 is 10.1 Å². The number of halogens is 5. The Bertz CT molecular complexity index is 1070. The predicted octanol–water partition coefficient (Wildman–Crippen LogP) is 3.60. The largest absolute Gasteiger partial charge is 0.461 e. The number of hydrogen-bond donors (Lipinski definition) is 1. The fourth-order valence-corrected chi connectivity index (χ4v) is 2.59. The van der Waals surface area contributed by atoms with Crippen LogP contribution in [-0.2, 0) is 15.8 Å². The Morgan fingerprint density at radius 1 is 1.16 bits per heavy atom. The molecule has 1 aromatic heterocycles. The van der Waals surface area contributed by atoms with E-state index in [2.05, 4.69) is 15.3 Å². The first-order chi connectivity index (χ1) is 14.2. The number of benzene rings is 1. The number of amides is 1. The molecule has 0 radical (unpaired) electrons. The van der Waals surface area contributed by atoms with Crippen LogP contribution in [0, 0.1) is 0 Å². The van der Waals surface area contributed by atoms with Crippen molar-refractivity contribution < 1.29 is 39.9 Å². The molecular weight excluding hydrogens is 449 g/mol. The number of alkyl halides is 5. The topological polar surface area (TPSA) is 98.2 Å². The average molecular weight is 465 g/mol. The molecule has 2 rings (SSSR count). The summed E-state index contributed by atoms with van der Waals surface area (Å²) in [5.41, 5.74) is -0.537. The van der Waals surface area contributed by atoms with Gasteiger partial charge in [-0.2, -0.15) is 26.9 Å². The van der Waals surface area contributed by atoms with E-state index in [9.17, 15) is 35.2 Å². The highest BCUT2D eigenvalue weighted by Crippen LogP contribution is 2.43. The number of rotatable bonds is 7. The lowest BCUT2D eigenvalue weighted by atomic mass is 10.2. The lowest BCUT2D eigenvalue weighted by Crippen LogP contribution is -2.36. The van der Waals surface area contributed by atoms with E-state index < -0.39 is 51.2 Å². The summed E-state index contributed by atoms with van der Waals surface area (Å²) in [6.07, 6.45) is -3.43. The fourth-order valence-electron chi connectivity index (χ4n) is 2.07. The van der Waals surface area contributed by atoms with E-state index in [1.807, 2.05) is 0 Å². The summed E-state index contributed by atoms with van der Waals surface area (Å²) in [5.74, 6) is -9.09. The third-order valence-electron chi connectivity index (χ3n) is 3.57. The Hall–Kier alpha value is -3.09. The summed E-state index contributed by atoms with van der Waals surface area (Å²) < 4.78 is 92.9. The number of hydrogen-bond acceptors (Lipinski definition) is 6. The number of para-hydroxylation sites is 1. The van der Waals surface area contributed by atoms with Crippen molar-refractivity contribution in [2.24, 2.45) is 0 Å². The van der Waals surface area contributed by atoms with Crippen molar-refractivity contribution in [1.82, 2.24) is 15.3 Å². The van der Waals surface area contributed by atoms with Crippen LogP contribution in [0.25, 0.3) is 0 Å². The maximum atomic E-state index is 13.7. The van der Waals surface area contributed by atoms with Gasteiger partial charge in [0.25, 0.3) is 5.91 Å². The second kappa shape index (κ2) is 8.96. The van der Waals surface area contributed by atoms with Crippen molar-refractivity contribution in [3.8, 4) is 11.6 Å². The van der Waals surface area contributed by atoms with Gasteiger partial charge in [0.15, 0.2) is 9.84 Å². The van der Waals surface area contributed by atoms with Crippen molar-refractivity contribution in [3.63, 3.8) is 0 Å². The van der Waals surface area contributed by atoms with Gasteiger partial charge in [0.1, 0.15) is 11.3 Å². The van der Waals surface area contributed by atoms with Gasteiger partial charge in [-0.05, 0) is 19.1 Å². The van der Waals surface area contributed by atoms with Crippen LogP contribution < -0.4 is 10.1 Å². The van der Waals surface area contributed by atoms with Crippen LogP contribution in [0.2, 0.25) is 0 Å². The van der Waals surface area contributed by atoms with Crippen LogP contribution in [0.15, 0.2) is 48.0 Å². The Morgan fingerprint density at radius 3 is 2.32 bits per heavy atom. The standard InChI is InChI=1S/C18H16F5N3O4S/c1-11(8-9-31(2,28)29)25-14(27)13-10-24-16(17(19,20)18(21,22)23)26-15(13)30-12-6-4-3-5-7-12/h3-11H,1-2H3,(H,25,27)/b9-8+. The van der Waals surface area contributed by atoms with Gasteiger partial charge in [-0.3, -0.25) is 4.79 Å². The normalized spacial score (nSPS) is 13.8. The third-order valence-corrected chi connectivity index (χ3v) is 4.22. The summed E-state index contributed by atoms with van der Waals surface area (Å²) in [4.78, 5) is 18.6. The Kier molecular flexibility index (Phi) is 6.99. The molecule has 0 spiro atoms. The van der Waals surface area contributed by atoms with E-state index in [-0.39, 0.29) is 5.75 Å². The molecule has 0 saturated heterocycles. The number of sulfone groups is 1. The molecule has 0 aliphatic rings. The van der Waals surface area contributed by atoms with Crippen molar-refractivity contribution in [2.45, 2.75) is 25.1 Å². The van der Waals surface area contributed by atoms with E-state index in [4.69, 9.17) is 4.74 Å². The summed E-state index contributed by atoms with van der Waals surface area (Å²) in [6.45, 7) is 1.41. The summed E-state index contributed by atoms with van der Waals surface area (Å²) >= 11 is 0. The van der Waals surface area contributed by atoms with Crippen LogP contribution in [-0.4, -0.2) is 42.8 Å². The molecular formula is C18H16F5N3O4S. The van der Waals surface area contributed by atoms with Crippen LogP contribution in [0.4, 0.5) is 22.0 Å². The summed E-state index contributed by atoms with van der Waals surface area (Å²) in [5, 5.41) is 3.16. The molecule has 1 aromatic carbocycles. The molecule has 1 unspecified atom stereocenters. The number of aromatic nitrogens is 2. The SMILES string of the molecule is CC(/C=C/S(C)(=O)=O)NC(=O)c1cnc(C(F)(F)C(F)(F)F)nc1Oc1ccccc1. The van der Waals surface area contributed by atoms with Crippen molar-refractivity contribution in [3.05, 3.63) is 59.4 Å². The third kappa shape index (κ3) is 6.44. The summed E-state index contributed by atoms with van der Waals surface area (Å²) in [6, 6.07) is 6.48. The first-order valence-corrected chi connectivity index (χ1v) is 10.4. The van der Waals surface area contributed by atoms with Gasteiger partial charge in [0.2, 0.25) is 11.7 Å². The van der Waals surface area contributed by atoms with Crippen LogP contribution in [0.3, 0.4) is 0 Å². The maximum Gasteiger partial charge on any atom is 0.461 e.